The molecule has 0 unspecified atom stereocenters. The first-order valence-corrected chi connectivity index (χ1v) is 13.5. The summed E-state index contributed by atoms with van der Waals surface area (Å²) in [5.41, 5.74) is 13.8. The molecule has 0 fully saturated rings. The summed E-state index contributed by atoms with van der Waals surface area (Å²) in [4.78, 5) is 0. The third kappa shape index (κ3) is 3.94. The predicted molar refractivity (Wildman–Crippen MR) is 150 cm³/mol. The molecule has 0 aliphatic heterocycles. The highest BCUT2D eigenvalue weighted by Crippen LogP contribution is 2.57. The van der Waals surface area contributed by atoms with Crippen molar-refractivity contribution < 1.29 is 0 Å². The summed E-state index contributed by atoms with van der Waals surface area (Å²) in [5, 5.41) is 0. The molecule has 0 heterocycles. The normalized spacial score (nSPS) is 13.5. The zero-order chi connectivity index (χ0) is 24.4. The fourth-order valence-electron chi connectivity index (χ4n) is 6.33. The molecule has 4 aromatic rings. The highest BCUT2D eigenvalue weighted by molar-refractivity contribution is 5.86. The van der Waals surface area contributed by atoms with E-state index >= 15 is 0 Å². The van der Waals surface area contributed by atoms with Crippen LogP contribution in [0.3, 0.4) is 0 Å². The van der Waals surface area contributed by atoms with Gasteiger partial charge in [0.2, 0.25) is 0 Å². The van der Waals surface area contributed by atoms with E-state index < -0.39 is 0 Å². The SMILES string of the molecule is CCCCc1ccc(C2(c3ccc(CCCC)cc3C)c3ccccc3-c3ccccc32)c(C)c1. The van der Waals surface area contributed by atoms with Crippen molar-refractivity contribution in [2.45, 2.75) is 71.6 Å². The molecule has 0 spiro atoms. The van der Waals surface area contributed by atoms with Crippen molar-refractivity contribution in [3.8, 4) is 11.1 Å². The molecule has 5 rings (SSSR count). The minimum absolute atomic E-state index is 0.298. The summed E-state index contributed by atoms with van der Waals surface area (Å²) in [5.74, 6) is 0. The number of aryl methyl sites for hydroxylation is 4. The Morgan fingerprint density at radius 2 is 0.943 bits per heavy atom. The molecule has 0 atom stereocenters. The Labute approximate surface area is 212 Å². The maximum atomic E-state index is 2.45. The smallest absolute Gasteiger partial charge is 0.0654 e. The lowest BCUT2D eigenvalue weighted by atomic mass is 9.65. The quantitative estimate of drug-likeness (QED) is 0.217. The van der Waals surface area contributed by atoms with Crippen molar-refractivity contribution in [2.24, 2.45) is 0 Å². The average molecular weight is 459 g/mol. The molecule has 0 radical (unpaired) electrons. The summed E-state index contributed by atoms with van der Waals surface area (Å²) in [6.45, 7) is 9.19. The van der Waals surface area contributed by atoms with Gasteiger partial charge in [-0.2, -0.15) is 0 Å². The molecule has 178 valence electrons. The molecular weight excluding hydrogens is 420 g/mol. The number of benzene rings is 4. The van der Waals surface area contributed by atoms with Crippen LogP contribution in [0.25, 0.3) is 11.1 Å². The third-order valence-electron chi connectivity index (χ3n) is 7.98. The van der Waals surface area contributed by atoms with Crippen LogP contribution in [-0.4, -0.2) is 0 Å². The van der Waals surface area contributed by atoms with Crippen LogP contribution in [0.2, 0.25) is 0 Å². The highest BCUT2D eigenvalue weighted by atomic mass is 14.5. The van der Waals surface area contributed by atoms with Gasteiger partial charge >= 0.3 is 0 Å². The minimum atomic E-state index is -0.298. The molecule has 4 aromatic carbocycles. The molecule has 0 amide bonds. The summed E-state index contributed by atoms with van der Waals surface area (Å²) in [7, 11) is 0. The number of hydrogen-bond acceptors (Lipinski definition) is 0. The lowest BCUT2D eigenvalue weighted by Crippen LogP contribution is -2.30. The molecule has 0 aromatic heterocycles. The van der Waals surface area contributed by atoms with Gasteiger partial charge in [0.05, 0.1) is 5.41 Å². The lowest BCUT2D eigenvalue weighted by molar-refractivity contribution is 0.745. The van der Waals surface area contributed by atoms with E-state index in [1.807, 2.05) is 0 Å². The predicted octanol–water partition coefficient (Wildman–Crippen LogP) is 9.35. The van der Waals surface area contributed by atoms with E-state index in [-0.39, 0.29) is 5.41 Å². The van der Waals surface area contributed by atoms with Crippen LogP contribution in [0.1, 0.15) is 84.0 Å². The van der Waals surface area contributed by atoms with Gasteiger partial charge in [0.1, 0.15) is 0 Å². The summed E-state index contributed by atoms with van der Waals surface area (Å²) >= 11 is 0. The van der Waals surface area contributed by atoms with Crippen LogP contribution < -0.4 is 0 Å². The molecule has 1 aliphatic carbocycles. The van der Waals surface area contributed by atoms with Gasteiger partial charge in [-0.25, -0.2) is 0 Å². The topological polar surface area (TPSA) is 0 Å². The number of rotatable bonds is 8. The molecule has 1 aliphatic rings. The molecule has 0 saturated heterocycles. The van der Waals surface area contributed by atoms with Gasteiger partial charge in [-0.3, -0.25) is 0 Å². The molecule has 0 bridgehead atoms. The minimum Gasteiger partial charge on any atom is -0.0654 e. The Bertz CT molecular complexity index is 1240. The van der Waals surface area contributed by atoms with E-state index in [9.17, 15) is 0 Å². The molecular formula is C35H38. The van der Waals surface area contributed by atoms with E-state index in [0.717, 1.165) is 12.8 Å². The number of unbranched alkanes of at least 4 members (excludes halogenated alkanes) is 2. The average Bonchev–Trinajstić information content (AvgIpc) is 3.17. The van der Waals surface area contributed by atoms with Crippen molar-refractivity contribution >= 4 is 0 Å². The lowest BCUT2D eigenvalue weighted by Gasteiger charge is -2.36. The van der Waals surface area contributed by atoms with Gasteiger partial charge in [-0.05, 0) is 95.2 Å². The fraction of sp³-hybridized carbons (Fsp3) is 0.314. The Morgan fingerprint density at radius 3 is 1.34 bits per heavy atom. The van der Waals surface area contributed by atoms with Crippen LogP contribution in [0, 0.1) is 13.8 Å². The van der Waals surface area contributed by atoms with E-state index in [1.54, 1.807) is 0 Å². The summed E-state index contributed by atoms with van der Waals surface area (Å²) < 4.78 is 0. The Morgan fingerprint density at radius 1 is 0.514 bits per heavy atom. The molecule has 0 saturated carbocycles. The van der Waals surface area contributed by atoms with Gasteiger partial charge in [0.25, 0.3) is 0 Å². The van der Waals surface area contributed by atoms with Gasteiger partial charge in [-0.1, -0.05) is 112 Å². The number of hydrogen-bond donors (Lipinski definition) is 0. The van der Waals surface area contributed by atoms with Gasteiger partial charge < -0.3 is 0 Å². The Balaban J connectivity index is 1.80. The molecule has 0 N–H and O–H groups in total. The number of fused-ring (bicyclic) bond motifs is 3. The maximum absolute atomic E-state index is 2.45. The molecule has 0 heteroatoms. The standard InChI is InChI=1S/C35H38/c1-5-7-13-27-19-21-31(25(3)23-27)35(32-22-20-28(14-8-6-2)24-26(32)4)33-17-11-9-15-29(33)30-16-10-12-18-34(30)35/h9-12,15-24H,5-8,13-14H2,1-4H3. The first kappa shape index (κ1) is 23.6. The molecule has 35 heavy (non-hydrogen) atoms. The Kier molecular flexibility index (Phi) is 6.65. The maximum Gasteiger partial charge on any atom is 0.0718 e. The van der Waals surface area contributed by atoms with Crippen molar-refractivity contribution in [3.05, 3.63) is 129 Å². The first-order chi connectivity index (χ1) is 17.1. The second-order valence-corrected chi connectivity index (χ2v) is 10.3. The largest absolute Gasteiger partial charge is 0.0718 e. The second-order valence-electron chi connectivity index (χ2n) is 10.3. The van der Waals surface area contributed by atoms with Crippen molar-refractivity contribution in [3.63, 3.8) is 0 Å². The zero-order valence-electron chi connectivity index (χ0n) is 21.8. The van der Waals surface area contributed by atoms with Gasteiger partial charge in [0.15, 0.2) is 0 Å². The summed E-state index contributed by atoms with van der Waals surface area (Å²) in [6, 6.07) is 32.7. The van der Waals surface area contributed by atoms with Crippen LogP contribution in [0.5, 0.6) is 0 Å². The first-order valence-electron chi connectivity index (χ1n) is 13.5. The monoisotopic (exact) mass is 458 g/mol. The van der Waals surface area contributed by atoms with Crippen LogP contribution in [-0.2, 0) is 18.3 Å². The van der Waals surface area contributed by atoms with E-state index in [0.29, 0.717) is 0 Å². The van der Waals surface area contributed by atoms with Crippen molar-refractivity contribution in [1.82, 2.24) is 0 Å². The van der Waals surface area contributed by atoms with Gasteiger partial charge in [0, 0.05) is 0 Å². The van der Waals surface area contributed by atoms with E-state index in [4.69, 9.17) is 0 Å². The zero-order valence-corrected chi connectivity index (χ0v) is 21.8. The fourth-order valence-corrected chi connectivity index (χ4v) is 6.33. The van der Waals surface area contributed by atoms with E-state index in [2.05, 4.69) is 113 Å². The van der Waals surface area contributed by atoms with E-state index in [1.165, 1.54) is 81.3 Å². The third-order valence-corrected chi connectivity index (χ3v) is 7.98. The Hall–Kier alpha value is -3.12. The molecule has 0 nitrogen and oxygen atoms in total. The van der Waals surface area contributed by atoms with Crippen LogP contribution >= 0.6 is 0 Å². The second kappa shape index (κ2) is 9.86. The van der Waals surface area contributed by atoms with Crippen molar-refractivity contribution in [1.29, 1.82) is 0 Å². The van der Waals surface area contributed by atoms with Gasteiger partial charge in [-0.15, -0.1) is 0 Å². The van der Waals surface area contributed by atoms with Crippen LogP contribution in [0.15, 0.2) is 84.9 Å². The van der Waals surface area contributed by atoms with Crippen molar-refractivity contribution in [2.75, 3.05) is 0 Å². The van der Waals surface area contributed by atoms with Crippen LogP contribution in [0.4, 0.5) is 0 Å². The highest BCUT2D eigenvalue weighted by Gasteiger charge is 2.47. The summed E-state index contributed by atoms with van der Waals surface area (Å²) in [6.07, 6.45) is 7.26.